The molecule has 0 saturated heterocycles. The van der Waals surface area contributed by atoms with Gasteiger partial charge in [0.1, 0.15) is 0 Å². The highest BCUT2D eigenvalue weighted by Gasteiger charge is 1.99. The van der Waals surface area contributed by atoms with E-state index in [4.69, 9.17) is 0 Å². The molecular weight excluding hydrogens is 280 g/mol. The summed E-state index contributed by atoms with van der Waals surface area (Å²) in [5.41, 5.74) is 2.11. The van der Waals surface area contributed by atoms with Gasteiger partial charge in [0, 0.05) is 30.3 Å². The fourth-order valence-electron chi connectivity index (χ4n) is 1.54. The van der Waals surface area contributed by atoms with Crippen molar-refractivity contribution in [3.8, 4) is 0 Å². The van der Waals surface area contributed by atoms with Gasteiger partial charge in [0.05, 0.1) is 5.69 Å². The Labute approximate surface area is 108 Å². The van der Waals surface area contributed by atoms with E-state index in [-0.39, 0.29) is 5.56 Å². The van der Waals surface area contributed by atoms with Crippen LogP contribution in [0.1, 0.15) is 5.56 Å². The number of rotatable bonds is 3. The molecule has 0 radical (unpaired) electrons. The Morgan fingerprint density at radius 2 is 2.00 bits per heavy atom. The normalized spacial score (nSPS) is 10.2. The molecule has 0 saturated carbocycles. The van der Waals surface area contributed by atoms with Crippen molar-refractivity contribution >= 4 is 21.6 Å². The van der Waals surface area contributed by atoms with Crippen LogP contribution in [0.4, 0.5) is 5.69 Å². The molecule has 0 atom stereocenters. The van der Waals surface area contributed by atoms with Gasteiger partial charge < -0.3 is 9.88 Å². The molecule has 17 heavy (non-hydrogen) atoms. The molecule has 1 aromatic carbocycles. The Morgan fingerprint density at radius 1 is 1.24 bits per heavy atom. The monoisotopic (exact) mass is 292 g/mol. The topological polar surface area (TPSA) is 34.0 Å². The van der Waals surface area contributed by atoms with E-state index in [1.165, 1.54) is 5.56 Å². The summed E-state index contributed by atoms with van der Waals surface area (Å²) >= 11 is 3.50. The first-order valence-corrected chi connectivity index (χ1v) is 6.10. The minimum Gasteiger partial charge on any atom is -0.380 e. The lowest BCUT2D eigenvalue weighted by Gasteiger charge is -2.08. The lowest BCUT2D eigenvalue weighted by atomic mass is 10.2. The predicted molar refractivity (Wildman–Crippen MR) is 73.2 cm³/mol. The second-order valence-corrected chi connectivity index (χ2v) is 4.67. The van der Waals surface area contributed by atoms with Gasteiger partial charge in [0.15, 0.2) is 0 Å². The molecule has 4 heteroatoms. The van der Waals surface area contributed by atoms with Crippen LogP contribution < -0.4 is 10.9 Å². The zero-order chi connectivity index (χ0) is 12.3. The summed E-state index contributed by atoms with van der Waals surface area (Å²) in [6.45, 7) is 0.722. The van der Waals surface area contributed by atoms with Crippen molar-refractivity contribution in [1.29, 1.82) is 0 Å². The van der Waals surface area contributed by atoms with E-state index in [1.807, 2.05) is 18.2 Å². The molecule has 3 nitrogen and oxygen atoms in total. The molecule has 0 amide bonds. The third kappa shape index (κ3) is 2.97. The molecule has 88 valence electrons. The third-order valence-corrected chi connectivity index (χ3v) is 3.30. The van der Waals surface area contributed by atoms with Gasteiger partial charge in [0.25, 0.3) is 0 Å². The highest BCUT2D eigenvalue weighted by molar-refractivity contribution is 9.10. The smallest absolute Gasteiger partial charge is 0.250 e. The van der Waals surface area contributed by atoms with Crippen LogP contribution in [0.2, 0.25) is 0 Å². The second-order valence-electron chi connectivity index (χ2n) is 3.81. The molecule has 0 fully saturated rings. The van der Waals surface area contributed by atoms with E-state index in [1.54, 1.807) is 29.9 Å². The Bertz CT molecular complexity index is 578. The molecule has 0 unspecified atom stereocenters. The van der Waals surface area contributed by atoms with Crippen LogP contribution in [-0.2, 0) is 13.6 Å². The average molecular weight is 293 g/mol. The Morgan fingerprint density at radius 3 is 2.71 bits per heavy atom. The van der Waals surface area contributed by atoms with Crippen molar-refractivity contribution in [3.05, 3.63) is 63.0 Å². The summed E-state index contributed by atoms with van der Waals surface area (Å²) in [5, 5.41) is 3.28. The van der Waals surface area contributed by atoms with Crippen molar-refractivity contribution in [2.75, 3.05) is 5.32 Å². The number of anilines is 1. The first kappa shape index (κ1) is 11.9. The molecule has 0 aliphatic carbocycles. The molecule has 0 bridgehead atoms. The molecule has 2 aromatic rings. The Kier molecular flexibility index (Phi) is 3.64. The van der Waals surface area contributed by atoms with Crippen molar-refractivity contribution < 1.29 is 0 Å². The molecule has 1 aromatic heterocycles. The predicted octanol–water partition coefficient (Wildman–Crippen LogP) is 2.76. The number of aromatic nitrogens is 1. The van der Waals surface area contributed by atoms with E-state index in [2.05, 4.69) is 27.3 Å². The fourth-order valence-corrected chi connectivity index (χ4v) is 1.96. The molecule has 2 rings (SSSR count). The van der Waals surface area contributed by atoms with Crippen molar-refractivity contribution in [2.24, 2.45) is 7.05 Å². The van der Waals surface area contributed by atoms with Crippen LogP contribution in [0.25, 0.3) is 0 Å². The zero-order valence-electron chi connectivity index (χ0n) is 9.48. The van der Waals surface area contributed by atoms with Crippen LogP contribution in [0.3, 0.4) is 0 Å². The van der Waals surface area contributed by atoms with Gasteiger partial charge in [-0.15, -0.1) is 0 Å². The van der Waals surface area contributed by atoms with Gasteiger partial charge in [-0.05, 0) is 17.7 Å². The Balaban J connectivity index is 2.10. The minimum absolute atomic E-state index is 0.00329. The van der Waals surface area contributed by atoms with E-state index in [9.17, 15) is 4.79 Å². The zero-order valence-corrected chi connectivity index (χ0v) is 11.1. The standard InChI is InChI=1S/C13H13BrN2O/c1-16-9-11(6-7-13(16)17)15-8-10-4-2-3-5-12(10)14/h2-7,9,15H,8H2,1H3. The summed E-state index contributed by atoms with van der Waals surface area (Å²) in [5.74, 6) is 0. The largest absolute Gasteiger partial charge is 0.380 e. The number of nitrogens with one attached hydrogen (secondary N) is 1. The summed E-state index contributed by atoms with van der Waals surface area (Å²) in [7, 11) is 1.74. The fraction of sp³-hybridized carbons (Fsp3) is 0.154. The first-order valence-electron chi connectivity index (χ1n) is 5.31. The quantitative estimate of drug-likeness (QED) is 0.944. The van der Waals surface area contributed by atoms with Crippen LogP contribution in [0, 0.1) is 0 Å². The lowest BCUT2D eigenvalue weighted by molar-refractivity contribution is 0.859. The van der Waals surface area contributed by atoms with Crippen molar-refractivity contribution in [2.45, 2.75) is 6.54 Å². The summed E-state index contributed by atoms with van der Waals surface area (Å²) in [6, 6.07) is 11.4. The average Bonchev–Trinajstić information content (AvgIpc) is 2.32. The maximum Gasteiger partial charge on any atom is 0.250 e. The van der Waals surface area contributed by atoms with Gasteiger partial charge >= 0.3 is 0 Å². The van der Waals surface area contributed by atoms with Gasteiger partial charge in [-0.25, -0.2) is 0 Å². The second kappa shape index (κ2) is 5.19. The molecule has 1 heterocycles. The lowest BCUT2D eigenvalue weighted by Crippen LogP contribution is -2.15. The van der Waals surface area contributed by atoms with Gasteiger partial charge in [-0.1, -0.05) is 34.1 Å². The maximum absolute atomic E-state index is 11.2. The summed E-state index contributed by atoms with van der Waals surface area (Å²) < 4.78 is 2.64. The molecule has 1 N–H and O–H groups in total. The SMILES string of the molecule is Cn1cc(NCc2ccccc2Br)ccc1=O. The van der Waals surface area contributed by atoms with Crippen LogP contribution in [0.15, 0.2) is 51.9 Å². The van der Waals surface area contributed by atoms with Crippen molar-refractivity contribution in [1.82, 2.24) is 4.57 Å². The molecule has 0 aliphatic heterocycles. The van der Waals surface area contributed by atoms with Gasteiger partial charge in [-0.2, -0.15) is 0 Å². The number of hydrogen-bond acceptors (Lipinski definition) is 2. The summed E-state index contributed by atoms with van der Waals surface area (Å²) in [4.78, 5) is 11.2. The van der Waals surface area contributed by atoms with E-state index in [0.717, 1.165) is 16.7 Å². The molecule has 0 spiro atoms. The third-order valence-electron chi connectivity index (χ3n) is 2.53. The number of hydrogen-bond donors (Lipinski definition) is 1. The van der Waals surface area contributed by atoms with Gasteiger partial charge in [-0.3, -0.25) is 4.79 Å². The first-order chi connectivity index (χ1) is 8.16. The van der Waals surface area contributed by atoms with Crippen LogP contribution in [0.5, 0.6) is 0 Å². The summed E-state index contributed by atoms with van der Waals surface area (Å²) in [6.07, 6.45) is 1.79. The van der Waals surface area contributed by atoms with E-state index in [0.29, 0.717) is 0 Å². The Hall–Kier alpha value is -1.55. The number of nitrogens with zero attached hydrogens (tertiary/aromatic N) is 1. The number of halogens is 1. The maximum atomic E-state index is 11.2. The van der Waals surface area contributed by atoms with Crippen molar-refractivity contribution in [3.63, 3.8) is 0 Å². The van der Waals surface area contributed by atoms with E-state index >= 15 is 0 Å². The number of aryl methyl sites for hydroxylation is 1. The van der Waals surface area contributed by atoms with Gasteiger partial charge in [0.2, 0.25) is 5.56 Å². The molecular formula is C13H13BrN2O. The molecule has 0 aliphatic rings. The number of benzene rings is 1. The van der Waals surface area contributed by atoms with Crippen LogP contribution >= 0.6 is 15.9 Å². The van der Waals surface area contributed by atoms with E-state index < -0.39 is 0 Å². The van der Waals surface area contributed by atoms with Crippen LogP contribution in [-0.4, -0.2) is 4.57 Å². The minimum atomic E-state index is -0.00329. The number of pyridine rings is 1. The highest BCUT2D eigenvalue weighted by Crippen LogP contribution is 2.17. The highest BCUT2D eigenvalue weighted by atomic mass is 79.9.